The third-order valence-electron chi connectivity index (χ3n) is 4.40. The number of ether oxygens (including phenoxy) is 3. The van der Waals surface area contributed by atoms with Gasteiger partial charge in [0.15, 0.2) is 5.75 Å². The largest absolute Gasteiger partial charge is 0.513 e. The Morgan fingerprint density at radius 3 is 2.26 bits per heavy atom. The van der Waals surface area contributed by atoms with Crippen molar-refractivity contribution in [2.45, 2.75) is 33.1 Å². The number of benzene rings is 2. The van der Waals surface area contributed by atoms with E-state index in [0.29, 0.717) is 36.5 Å². The first-order valence-electron chi connectivity index (χ1n) is 10.0. The monoisotopic (exact) mass is 423 g/mol. The zero-order valence-corrected chi connectivity index (χ0v) is 17.7. The molecule has 0 bridgehead atoms. The molecule has 0 saturated carbocycles. The number of hydrogen-bond acceptors (Lipinski definition) is 7. The van der Waals surface area contributed by atoms with Gasteiger partial charge in [-0.1, -0.05) is 24.8 Å². The summed E-state index contributed by atoms with van der Waals surface area (Å²) in [5, 5.41) is 8.90. The van der Waals surface area contributed by atoms with E-state index in [4.69, 9.17) is 14.2 Å². The van der Waals surface area contributed by atoms with Gasteiger partial charge in [0.05, 0.1) is 13.2 Å². The Morgan fingerprint density at radius 2 is 1.61 bits per heavy atom. The molecule has 0 aliphatic heterocycles. The average Bonchev–Trinajstić information content (AvgIpc) is 3.18. The van der Waals surface area contributed by atoms with Crippen LogP contribution in [0.25, 0.3) is 16.7 Å². The molecular weight excluding hydrogens is 398 g/mol. The van der Waals surface area contributed by atoms with Crippen molar-refractivity contribution in [3.05, 3.63) is 60.2 Å². The number of hydrogen-bond donors (Lipinski definition) is 0. The molecule has 0 spiro atoms. The lowest BCUT2D eigenvalue weighted by atomic mass is 10.2. The third-order valence-corrected chi connectivity index (χ3v) is 4.40. The second-order valence-corrected chi connectivity index (χ2v) is 7.13. The van der Waals surface area contributed by atoms with Crippen molar-refractivity contribution in [1.29, 1.82) is 0 Å². The Bertz CT molecular complexity index is 1060. The molecule has 1 heterocycles. The maximum Gasteiger partial charge on any atom is 0.513 e. The van der Waals surface area contributed by atoms with Crippen molar-refractivity contribution < 1.29 is 23.8 Å². The van der Waals surface area contributed by atoms with Crippen LogP contribution >= 0.6 is 0 Å². The molecule has 0 atom stereocenters. The van der Waals surface area contributed by atoms with Crippen LogP contribution in [0.5, 0.6) is 5.75 Å². The minimum Gasteiger partial charge on any atom is -0.462 e. The van der Waals surface area contributed by atoms with Gasteiger partial charge in [-0.3, -0.25) is 0 Å². The number of carbonyl (C=O) groups is 2. The smallest absolute Gasteiger partial charge is 0.462 e. The summed E-state index contributed by atoms with van der Waals surface area (Å²) < 4.78 is 15.6. The molecule has 162 valence electrons. The van der Waals surface area contributed by atoms with Gasteiger partial charge in [0.25, 0.3) is 0 Å². The first-order chi connectivity index (χ1) is 14.9. The van der Waals surface area contributed by atoms with Crippen LogP contribution in [-0.2, 0) is 14.3 Å². The van der Waals surface area contributed by atoms with Crippen molar-refractivity contribution in [3.8, 4) is 11.4 Å². The Labute approximate surface area is 180 Å². The van der Waals surface area contributed by atoms with Gasteiger partial charge in [-0.25, -0.2) is 9.59 Å². The van der Waals surface area contributed by atoms with Gasteiger partial charge in [-0.05, 0) is 62.9 Å². The molecule has 0 saturated heterocycles. The third kappa shape index (κ3) is 6.15. The molecule has 0 aliphatic rings. The van der Waals surface area contributed by atoms with Crippen LogP contribution in [-0.4, -0.2) is 40.3 Å². The standard InChI is InChI=1S/C23H25N3O5/c1-16(2)22(27)29-13-7-4-8-14-30-23(28)31-21-12-11-17(3)15-20(21)26-24-18-9-5-6-10-19(18)25-26/h5-6,9-12,15H,1,4,7-8,13-14H2,2-3H3. The topological polar surface area (TPSA) is 92.5 Å². The van der Waals surface area contributed by atoms with Gasteiger partial charge in [0, 0.05) is 5.57 Å². The summed E-state index contributed by atoms with van der Waals surface area (Å²) in [6.45, 7) is 7.58. The number of aryl methyl sites for hydroxylation is 1. The van der Waals surface area contributed by atoms with Gasteiger partial charge in [-0.15, -0.1) is 15.0 Å². The molecule has 31 heavy (non-hydrogen) atoms. The van der Waals surface area contributed by atoms with E-state index in [1.807, 2.05) is 43.3 Å². The molecule has 0 unspecified atom stereocenters. The second-order valence-electron chi connectivity index (χ2n) is 7.13. The minimum atomic E-state index is -0.796. The highest BCUT2D eigenvalue weighted by molar-refractivity contribution is 5.86. The van der Waals surface area contributed by atoms with E-state index in [2.05, 4.69) is 16.8 Å². The summed E-state index contributed by atoms with van der Waals surface area (Å²) in [6.07, 6.45) is 1.26. The van der Waals surface area contributed by atoms with Crippen LogP contribution in [0.1, 0.15) is 31.7 Å². The van der Waals surface area contributed by atoms with Crippen molar-refractivity contribution >= 4 is 23.2 Å². The number of nitrogens with zero attached hydrogens (tertiary/aromatic N) is 3. The van der Waals surface area contributed by atoms with E-state index in [1.165, 1.54) is 4.80 Å². The van der Waals surface area contributed by atoms with Gasteiger partial charge >= 0.3 is 12.1 Å². The zero-order valence-electron chi connectivity index (χ0n) is 17.7. The van der Waals surface area contributed by atoms with Gasteiger partial charge in [-0.2, -0.15) is 0 Å². The van der Waals surface area contributed by atoms with Crippen LogP contribution < -0.4 is 4.74 Å². The number of carbonyl (C=O) groups excluding carboxylic acids is 2. The summed E-state index contributed by atoms with van der Waals surface area (Å²) >= 11 is 0. The van der Waals surface area contributed by atoms with E-state index in [9.17, 15) is 9.59 Å². The molecule has 8 nitrogen and oxygen atoms in total. The van der Waals surface area contributed by atoms with Crippen LogP contribution in [0, 0.1) is 6.92 Å². The number of esters is 1. The lowest BCUT2D eigenvalue weighted by molar-refractivity contribution is -0.139. The lowest BCUT2D eigenvalue weighted by Gasteiger charge is -2.10. The highest BCUT2D eigenvalue weighted by atomic mass is 16.7. The molecule has 0 aliphatic carbocycles. The van der Waals surface area contributed by atoms with E-state index >= 15 is 0 Å². The molecule has 1 aromatic heterocycles. The molecule has 2 aromatic carbocycles. The van der Waals surface area contributed by atoms with Gasteiger partial charge in [0.1, 0.15) is 16.7 Å². The number of unbranched alkanes of at least 4 members (excludes halogenated alkanes) is 2. The number of aromatic nitrogens is 3. The molecule has 0 radical (unpaired) electrons. The summed E-state index contributed by atoms with van der Waals surface area (Å²) in [6, 6.07) is 12.9. The van der Waals surface area contributed by atoms with Crippen LogP contribution in [0.15, 0.2) is 54.6 Å². The highest BCUT2D eigenvalue weighted by Crippen LogP contribution is 2.25. The maximum absolute atomic E-state index is 12.1. The predicted octanol–water partition coefficient (Wildman–Crippen LogP) is 4.53. The normalized spacial score (nSPS) is 10.6. The fraction of sp³-hybridized carbons (Fsp3) is 0.304. The molecule has 3 rings (SSSR count). The van der Waals surface area contributed by atoms with Crippen molar-refractivity contribution in [3.63, 3.8) is 0 Å². The summed E-state index contributed by atoms with van der Waals surface area (Å²) in [4.78, 5) is 24.9. The van der Waals surface area contributed by atoms with Crippen molar-refractivity contribution in [1.82, 2.24) is 15.0 Å². The summed E-state index contributed by atoms with van der Waals surface area (Å²) in [5.41, 5.74) is 3.38. The molecular formula is C23H25N3O5. The van der Waals surface area contributed by atoms with E-state index in [1.54, 1.807) is 13.0 Å². The van der Waals surface area contributed by atoms with Gasteiger partial charge < -0.3 is 14.2 Å². The van der Waals surface area contributed by atoms with Crippen molar-refractivity contribution in [2.75, 3.05) is 13.2 Å². The lowest BCUT2D eigenvalue weighted by Crippen LogP contribution is -2.14. The molecule has 8 heteroatoms. The van der Waals surface area contributed by atoms with E-state index in [0.717, 1.165) is 23.0 Å². The number of fused-ring (bicyclic) bond motifs is 1. The van der Waals surface area contributed by atoms with Crippen molar-refractivity contribution in [2.24, 2.45) is 0 Å². The van der Waals surface area contributed by atoms with Crippen LogP contribution in [0.2, 0.25) is 0 Å². The SMILES string of the molecule is C=C(C)C(=O)OCCCCCOC(=O)Oc1ccc(C)cc1-n1nc2ccccc2n1. The minimum absolute atomic E-state index is 0.207. The Balaban J connectivity index is 1.51. The first-order valence-corrected chi connectivity index (χ1v) is 10.0. The molecule has 3 aromatic rings. The van der Waals surface area contributed by atoms with Crippen LogP contribution in [0.3, 0.4) is 0 Å². The number of rotatable bonds is 9. The molecule has 0 N–H and O–H groups in total. The van der Waals surface area contributed by atoms with E-state index in [-0.39, 0.29) is 6.61 Å². The Morgan fingerprint density at radius 1 is 0.968 bits per heavy atom. The van der Waals surface area contributed by atoms with Crippen LogP contribution in [0.4, 0.5) is 4.79 Å². The van der Waals surface area contributed by atoms with E-state index < -0.39 is 12.1 Å². The maximum atomic E-state index is 12.1. The predicted molar refractivity (Wildman–Crippen MR) is 115 cm³/mol. The fourth-order valence-electron chi connectivity index (χ4n) is 2.78. The highest BCUT2D eigenvalue weighted by Gasteiger charge is 2.15. The molecule has 0 fully saturated rings. The second kappa shape index (κ2) is 10.4. The Kier molecular flexibility index (Phi) is 7.37. The van der Waals surface area contributed by atoms with Gasteiger partial charge in [0.2, 0.25) is 0 Å². The summed E-state index contributed by atoms with van der Waals surface area (Å²) in [5.74, 6) is -0.0871. The fourth-order valence-corrected chi connectivity index (χ4v) is 2.78. The molecule has 0 amide bonds. The average molecular weight is 423 g/mol. The first kappa shape index (κ1) is 22.0. The Hall–Kier alpha value is -3.68. The zero-order chi connectivity index (χ0) is 22.2. The summed E-state index contributed by atoms with van der Waals surface area (Å²) in [7, 11) is 0. The quantitative estimate of drug-likeness (QED) is 0.216.